The quantitative estimate of drug-likeness (QED) is 0.916. The zero-order valence-corrected chi connectivity index (χ0v) is 12.6. The number of nitrogens with one attached hydrogen (secondary N) is 1. The fourth-order valence-electron chi connectivity index (χ4n) is 3.72. The minimum Gasteiger partial charge on any atom is -0.496 e. The van der Waals surface area contributed by atoms with Crippen LogP contribution in [0.25, 0.3) is 0 Å². The summed E-state index contributed by atoms with van der Waals surface area (Å²) in [7, 11) is 3.59. The largest absolute Gasteiger partial charge is 0.496 e. The Balaban J connectivity index is 1.98. The highest BCUT2D eigenvalue weighted by atomic mass is 16.5. The summed E-state index contributed by atoms with van der Waals surface area (Å²) in [6, 6.07) is 2.80. The Hall–Kier alpha value is -1.22. The van der Waals surface area contributed by atoms with E-state index in [1.165, 1.54) is 42.4 Å². The molecule has 2 aliphatic rings. The Bertz CT molecular complexity index is 478. The lowest BCUT2D eigenvalue weighted by molar-refractivity contribution is 0.383. The zero-order valence-electron chi connectivity index (χ0n) is 12.6. The molecule has 110 valence electrons. The lowest BCUT2D eigenvalue weighted by atomic mass is 9.87. The van der Waals surface area contributed by atoms with Crippen molar-refractivity contribution < 1.29 is 9.47 Å². The smallest absolute Gasteiger partial charge is 0.125 e. The average molecular weight is 275 g/mol. The van der Waals surface area contributed by atoms with E-state index in [0.29, 0.717) is 6.04 Å². The van der Waals surface area contributed by atoms with Gasteiger partial charge in [-0.05, 0) is 63.1 Å². The normalized spacial score (nSPS) is 21.6. The first kappa shape index (κ1) is 13.7. The Kier molecular flexibility index (Phi) is 4.16. The maximum Gasteiger partial charge on any atom is 0.125 e. The fraction of sp³-hybridized carbons (Fsp3) is 0.647. The number of hydrogen-bond donors (Lipinski definition) is 1. The molecule has 3 heteroatoms. The number of ether oxygens (including phenoxy) is 2. The van der Waals surface area contributed by atoms with Gasteiger partial charge in [-0.2, -0.15) is 0 Å². The number of methoxy groups -OCH3 is 2. The van der Waals surface area contributed by atoms with E-state index >= 15 is 0 Å². The Labute approximate surface area is 121 Å². The maximum atomic E-state index is 5.77. The molecule has 1 aliphatic carbocycles. The minimum atomic E-state index is 0.593. The third kappa shape index (κ3) is 2.51. The SMILES string of the molecule is COc1cc(CC2CCCN2)c(OC)c2c1CCCC2. The zero-order chi connectivity index (χ0) is 13.9. The molecule has 0 bridgehead atoms. The summed E-state index contributed by atoms with van der Waals surface area (Å²) in [5.74, 6) is 2.18. The molecule has 1 fully saturated rings. The third-order valence-electron chi connectivity index (χ3n) is 4.69. The van der Waals surface area contributed by atoms with Crippen molar-refractivity contribution in [2.45, 2.75) is 51.0 Å². The predicted molar refractivity (Wildman–Crippen MR) is 80.9 cm³/mol. The maximum absolute atomic E-state index is 5.77. The van der Waals surface area contributed by atoms with Gasteiger partial charge in [-0.15, -0.1) is 0 Å². The van der Waals surface area contributed by atoms with Crippen LogP contribution in [0.4, 0.5) is 0 Å². The van der Waals surface area contributed by atoms with Crippen molar-refractivity contribution in [3.63, 3.8) is 0 Å². The molecule has 0 radical (unpaired) electrons. The molecule has 1 aromatic rings. The summed E-state index contributed by atoms with van der Waals surface area (Å²) in [4.78, 5) is 0. The van der Waals surface area contributed by atoms with Crippen LogP contribution >= 0.6 is 0 Å². The van der Waals surface area contributed by atoms with E-state index in [1.54, 1.807) is 7.11 Å². The Morgan fingerprint density at radius 2 is 1.90 bits per heavy atom. The summed E-state index contributed by atoms with van der Waals surface area (Å²) in [6.45, 7) is 1.15. The Morgan fingerprint density at radius 1 is 1.10 bits per heavy atom. The number of hydrogen-bond acceptors (Lipinski definition) is 3. The standard InChI is InChI=1S/C17H25NO2/c1-19-16-11-12(10-13-6-5-9-18-13)17(20-2)15-8-4-3-7-14(15)16/h11,13,18H,3-10H2,1-2H3. The predicted octanol–water partition coefficient (Wildman–Crippen LogP) is 2.88. The van der Waals surface area contributed by atoms with E-state index in [1.807, 2.05) is 7.11 Å². The molecular weight excluding hydrogens is 250 g/mol. The van der Waals surface area contributed by atoms with E-state index in [0.717, 1.165) is 37.3 Å². The van der Waals surface area contributed by atoms with Crippen LogP contribution in [0.15, 0.2) is 6.07 Å². The summed E-state index contributed by atoms with van der Waals surface area (Å²) in [5, 5.41) is 3.58. The molecule has 20 heavy (non-hydrogen) atoms. The van der Waals surface area contributed by atoms with Gasteiger partial charge in [0.2, 0.25) is 0 Å². The van der Waals surface area contributed by atoms with Gasteiger partial charge in [0.1, 0.15) is 11.5 Å². The van der Waals surface area contributed by atoms with E-state index in [-0.39, 0.29) is 0 Å². The summed E-state index contributed by atoms with van der Waals surface area (Å²) < 4.78 is 11.4. The molecule has 1 unspecified atom stereocenters. The molecule has 1 heterocycles. The monoisotopic (exact) mass is 275 g/mol. The van der Waals surface area contributed by atoms with Gasteiger partial charge >= 0.3 is 0 Å². The van der Waals surface area contributed by atoms with Crippen LogP contribution in [0.1, 0.15) is 42.4 Å². The van der Waals surface area contributed by atoms with E-state index in [2.05, 4.69) is 11.4 Å². The summed E-state index contributed by atoms with van der Waals surface area (Å²) >= 11 is 0. The Morgan fingerprint density at radius 3 is 2.55 bits per heavy atom. The van der Waals surface area contributed by atoms with Crippen molar-refractivity contribution in [1.82, 2.24) is 5.32 Å². The lowest BCUT2D eigenvalue weighted by Crippen LogP contribution is -2.24. The second-order valence-electron chi connectivity index (χ2n) is 5.93. The van der Waals surface area contributed by atoms with Gasteiger partial charge in [-0.1, -0.05) is 0 Å². The van der Waals surface area contributed by atoms with Crippen molar-refractivity contribution in [2.75, 3.05) is 20.8 Å². The molecule has 1 aliphatic heterocycles. The van der Waals surface area contributed by atoms with Crippen LogP contribution in [0.3, 0.4) is 0 Å². The van der Waals surface area contributed by atoms with Crippen molar-refractivity contribution in [2.24, 2.45) is 0 Å². The van der Waals surface area contributed by atoms with E-state index in [9.17, 15) is 0 Å². The van der Waals surface area contributed by atoms with Crippen LogP contribution in [-0.2, 0) is 19.3 Å². The number of benzene rings is 1. The second-order valence-corrected chi connectivity index (χ2v) is 5.93. The molecule has 3 nitrogen and oxygen atoms in total. The molecule has 1 atom stereocenters. The molecule has 0 spiro atoms. The van der Waals surface area contributed by atoms with E-state index < -0.39 is 0 Å². The van der Waals surface area contributed by atoms with Crippen molar-refractivity contribution in [3.8, 4) is 11.5 Å². The number of rotatable bonds is 4. The fourth-order valence-corrected chi connectivity index (χ4v) is 3.72. The van der Waals surface area contributed by atoms with Crippen molar-refractivity contribution in [3.05, 3.63) is 22.8 Å². The van der Waals surface area contributed by atoms with Crippen LogP contribution < -0.4 is 14.8 Å². The second kappa shape index (κ2) is 6.04. The topological polar surface area (TPSA) is 30.5 Å². The molecule has 0 aromatic heterocycles. The molecule has 0 amide bonds. The van der Waals surface area contributed by atoms with Crippen LogP contribution in [0.2, 0.25) is 0 Å². The minimum absolute atomic E-state index is 0.593. The highest BCUT2D eigenvalue weighted by molar-refractivity contribution is 5.55. The summed E-state index contributed by atoms with van der Waals surface area (Å²) in [5.41, 5.74) is 4.08. The highest BCUT2D eigenvalue weighted by Crippen LogP contribution is 2.39. The van der Waals surface area contributed by atoms with Crippen molar-refractivity contribution >= 4 is 0 Å². The highest BCUT2D eigenvalue weighted by Gasteiger charge is 2.24. The average Bonchev–Trinajstić information content (AvgIpc) is 2.99. The van der Waals surface area contributed by atoms with Gasteiger partial charge in [0, 0.05) is 17.2 Å². The molecule has 1 saturated heterocycles. The van der Waals surface area contributed by atoms with Crippen LogP contribution in [0.5, 0.6) is 11.5 Å². The molecule has 0 saturated carbocycles. The molecular formula is C17H25NO2. The number of fused-ring (bicyclic) bond motifs is 1. The van der Waals surface area contributed by atoms with E-state index in [4.69, 9.17) is 9.47 Å². The van der Waals surface area contributed by atoms with Gasteiger partial charge in [-0.25, -0.2) is 0 Å². The van der Waals surface area contributed by atoms with Gasteiger partial charge in [0.15, 0.2) is 0 Å². The first-order chi connectivity index (χ1) is 9.83. The first-order valence-corrected chi connectivity index (χ1v) is 7.82. The molecule has 1 aromatic carbocycles. The van der Waals surface area contributed by atoms with Crippen LogP contribution in [-0.4, -0.2) is 26.8 Å². The van der Waals surface area contributed by atoms with Crippen LogP contribution in [0, 0.1) is 0 Å². The third-order valence-corrected chi connectivity index (χ3v) is 4.69. The first-order valence-electron chi connectivity index (χ1n) is 7.82. The van der Waals surface area contributed by atoms with Crippen molar-refractivity contribution in [1.29, 1.82) is 0 Å². The molecule has 1 N–H and O–H groups in total. The van der Waals surface area contributed by atoms with Gasteiger partial charge in [-0.3, -0.25) is 0 Å². The van der Waals surface area contributed by atoms with Gasteiger partial charge in [0.05, 0.1) is 14.2 Å². The van der Waals surface area contributed by atoms with Gasteiger partial charge in [0.25, 0.3) is 0 Å². The lowest BCUT2D eigenvalue weighted by Gasteiger charge is -2.25. The van der Waals surface area contributed by atoms with Gasteiger partial charge < -0.3 is 14.8 Å². The summed E-state index contributed by atoms with van der Waals surface area (Å²) in [6.07, 6.45) is 8.37. The molecule has 3 rings (SSSR count).